The third kappa shape index (κ3) is 3.13. The van der Waals surface area contributed by atoms with Crippen molar-refractivity contribution in [2.24, 2.45) is 0 Å². The molecule has 0 spiro atoms. The minimum atomic E-state index is -1.56. The third-order valence-corrected chi connectivity index (χ3v) is 5.83. The van der Waals surface area contributed by atoms with Gasteiger partial charge in [0.1, 0.15) is 5.15 Å². The van der Waals surface area contributed by atoms with Gasteiger partial charge >= 0.3 is 0 Å². The summed E-state index contributed by atoms with van der Waals surface area (Å²) < 4.78 is 0.790. The SMILES string of the molecule is CCc1ccc(C2(O)c3ccc(Br)cc3C(=O)N2Cc2ccc(Cl)nc2)cc1. The van der Waals surface area contributed by atoms with Gasteiger partial charge in [0.05, 0.1) is 6.54 Å². The highest BCUT2D eigenvalue weighted by atomic mass is 79.9. The molecule has 1 aliphatic rings. The molecule has 1 atom stereocenters. The number of nitrogens with zero attached hydrogens (tertiary/aromatic N) is 2. The van der Waals surface area contributed by atoms with Crippen LogP contribution in [0.5, 0.6) is 0 Å². The molecular formula is C22H18BrClN2O2. The summed E-state index contributed by atoms with van der Waals surface area (Å²) in [5, 5.41) is 12.2. The van der Waals surface area contributed by atoms with Crippen LogP contribution in [-0.2, 0) is 18.7 Å². The molecule has 0 bridgehead atoms. The summed E-state index contributed by atoms with van der Waals surface area (Å²) in [5.74, 6) is -0.228. The number of fused-ring (bicyclic) bond motifs is 1. The lowest BCUT2D eigenvalue weighted by molar-refractivity contribution is -0.0543. The first-order chi connectivity index (χ1) is 13.4. The first kappa shape index (κ1) is 19.1. The summed E-state index contributed by atoms with van der Waals surface area (Å²) in [6.07, 6.45) is 2.52. The fraction of sp³-hybridized carbons (Fsp3) is 0.182. The number of hydrogen-bond donors (Lipinski definition) is 1. The van der Waals surface area contributed by atoms with Crippen LogP contribution in [0.2, 0.25) is 5.15 Å². The van der Waals surface area contributed by atoms with Crippen LogP contribution in [0.3, 0.4) is 0 Å². The number of aromatic nitrogens is 1. The van der Waals surface area contributed by atoms with Crippen molar-refractivity contribution >= 4 is 33.4 Å². The Kier molecular flexibility index (Phi) is 5.00. The van der Waals surface area contributed by atoms with Crippen LogP contribution in [0.25, 0.3) is 0 Å². The largest absolute Gasteiger partial charge is 0.363 e. The van der Waals surface area contributed by atoms with Crippen LogP contribution < -0.4 is 0 Å². The van der Waals surface area contributed by atoms with E-state index < -0.39 is 5.72 Å². The number of pyridine rings is 1. The van der Waals surface area contributed by atoms with Crippen molar-refractivity contribution in [2.75, 3.05) is 0 Å². The molecule has 6 heteroatoms. The number of halogens is 2. The average molecular weight is 458 g/mol. The number of carbonyl (C=O) groups excluding carboxylic acids is 1. The van der Waals surface area contributed by atoms with Crippen molar-refractivity contribution in [1.82, 2.24) is 9.88 Å². The molecule has 1 aliphatic heterocycles. The van der Waals surface area contributed by atoms with E-state index in [2.05, 4.69) is 27.8 Å². The molecule has 1 aromatic heterocycles. The number of amides is 1. The van der Waals surface area contributed by atoms with E-state index in [9.17, 15) is 9.90 Å². The Balaban J connectivity index is 1.84. The van der Waals surface area contributed by atoms with Crippen LogP contribution in [0.4, 0.5) is 0 Å². The molecule has 1 N–H and O–H groups in total. The van der Waals surface area contributed by atoms with Crippen molar-refractivity contribution in [1.29, 1.82) is 0 Å². The molecule has 4 rings (SSSR count). The molecular weight excluding hydrogens is 440 g/mol. The summed E-state index contributed by atoms with van der Waals surface area (Å²) in [6.45, 7) is 2.29. The highest BCUT2D eigenvalue weighted by Crippen LogP contribution is 2.44. The van der Waals surface area contributed by atoms with E-state index in [-0.39, 0.29) is 12.5 Å². The minimum absolute atomic E-state index is 0.210. The fourth-order valence-electron chi connectivity index (χ4n) is 3.59. The first-order valence-electron chi connectivity index (χ1n) is 8.97. The summed E-state index contributed by atoms with van der Waals surface area (Å²) >= 11 is 9.30. The number of benzene rings is 2. The Bertz CT molecular complexity index is 1040. The summed E-state index contributed by atoms with van der Waals surface area (Å²) in [5.41, 5.74) is 2.11. The second-order valence-corrected chi connectivity index (χ2v) is 8.10. The van der Waals surface area contributed by atoms with E-state index in [4.69, 9.17) is 11.6 Å². The van der Waals surface area contributed by atoms with Gasteiger partial charge in [-0.1, -0.05) is 70.9 Å². The molecule has 0 aliphatic carbocycles. The molecule has 4 nitrogen and oxygen atoms in total. The summed E-state index contributed by atoms with van der Waals surface area (Å²) in [6, 6.07) is 16.6. The Hall–Kier alpha value is -2.21. The van der Waals surface area contributed by atoms with E-state index in [1.54, 1.807) is 24.4 Å². The predicted molar refractivity (Wildman–Crippen MR) is 112 cm³/mol. The van der Waals surface area contributed by atoms with Gasteiger partial charge < -0.3 is 5.11 Å². The van der Waals surface area contributed by atoms with Gasteiger partial charge in [0.15, 0.2) is 5.72 Å². The number of aliphatic hydroxyl groups is 1. The Morgan fingerprint density at radius 2 is 1.82 bits per heavy atom. The lowest BCUT2D eigenvalue weighted by Crippen LogP contribution is -2.44. The van der Waals surface area contributed by atoms with Gasteiger partial charge in [0.25, 0.3) is 5.91 Å². The van der Waals surface area contributed by atoms with Gasteiger partial charge in [0, 0.05) is 27.4 Å². The molecule has 2 heterocycles. The molecule has 1 unspecified atom stereocenters. The van der Waals surface area contributed by atoms with Gasteiger partial charge in [-0.3, -0.25) is 9.69 Å². The van der Waals surface area contributed by atoms with Crippen LogP contribution in [0, 0.1) is 0 Å². The van der Waals surface area contributed by atoms with E-state index in [1.807, 2.05) is 36.4 Å². The van der Waals surface area contributed by atoms with Crippen LogP contribution in [-0.4, -0.2) is 20.9 Å². The smallest absolute Gasteiger partial charge is 0.257 e. The van der Waals surface area contributed by atoms with Crippen molar-refractivity contribution in [3.05, 3.63) is 98.2 Å². The lowest BCUT2D eigenvalue weighted by atomic mass is 9.92. The maximum absolute atomic E-state index is 13.2. The molecule has 1 amide bonds. The Labute approximate surface area is 176 Å². The first-order valence-corrected chi connectivity index (χ1v) is 10.1. The molecule has 0 saturated carbocycles. The molecule has 0 radical (unpaired) electrons. The summed E-state index contributed by atoms with van der Waals surface area (Å²) in [4.78, 5) is 18.8. The Morgan fingerprint density at radius 1 is 1.11 bits per heavy atom. The van der Waals surface area contributed by atoms with E-state index in [0.717, 1.165) is 16.5 Å². The number of carbonyl (C=O) groups is 1. The maximum atomic E-state index is 13.2. The van der Waals surface area contributed by atoms with Gasteiger partial charge in [-0.15, -0.1) is 0 Å². The molecule has 0 saturated heterocycles. The number of aryl methyl sites for hydroxylation is 1. The monoisotopic (exact) mass is 456 g/mol. The average Bonchev–Trinajstić information content (AvgIpc) is 2.92. The molecule has 0 fully saturated rings. The van der Waals surface area contributed by atoms with Gasteiger partial charge in [-0.25, -0.2) is 4.98 Å². The van der Waals surface area contributed by atoms with Crippen LogP contribution in [0.15, 0.2) is 65.3 Å². The Morgan fingerprint density at radius 3 is 2.46 bits per heavy atom. The van der Waals surface area contributed by atoms with Crippen molar-refractivity contribution in [2.45, 2.75) is 25.6 Å². The van der Waals surface area contributed by atoms with Gasteiger partial charge in [-0.05, 0) is 35.7 Å². The van der Waals surface area contributed by atoms with E-state index in [1.165, 1.54) is 10.5 Å². The highest BCUT2D eigenvalue weighted by Gasteiger charge is 2.49. The maximum Gasteiger partial charge on any atom is 0.257 e. The van der Waals surface area contributed by atoms with Crippen molar-refractivity contribution < 1.29 is 9.90 Å². The van der Waals surface area contributed by atoms with E-state index in [0.29, 0.717) is 21.8 Å². The number of rotatable bonds is 4. The standard InChI is InChI=1S/C22H18BrClN2O2/c1-2-14-3-6-16(7-4-14)22(28)19-9-8-17(23)11-18(19)21(27)26(22)13-15-5-10-20(24)25-12-15/h3-12,28H,2,13H2,1H3. The van der Waals surface area contributed by atoms with Crippen molar-refractivity contribution in [3.8, 4) is 0 Å². The molecule has 3 aromatic rings. The normalized spacial score (nSPS) is 18.4. The van der Waals surface area contributed by atoms with Crippen molar-refractivity contribution in [3.63, 3.8) is 0 Å². The second-order valence-electron chi connectivity index (χ2n) is 6.79. The zero-order valence-electron chi connectivity index (χ0n) is 15.2. The number of hydrogen-bond acceptors (Lipinski definition) is 3. The summed E-state index contributed by atoms with van der Waals surface area (Å²) in [7, 11) is 0. The topological polar surface area (TPSA) is 53.4 Å². The zero-order valence-corrected chi connectivity index (χ0v) is 17.5. The van der Waals surface area contributed by atoms with Crippen LogP contribution in [0.1, 0.15) is 39.5 Å². The fourth-order valence-corrected chi connectivity index (χ4v) is 4.06. The van der Waals surface area contributed by atoms with Crippen LogP contribution >= 0.6 is 27.5 Å². The molecule has 2 aromatic carbocycles. The lowest BCUT2D eigenvalue weighted by Gasteiger charge is -2.35. The zero-order chi connectivity index (χ0) is 19.9. The molecule has 142 valence electrons. The highest BCUT2D eigenvalue weighted by molar-refractivity contribution is 9.10. The van der Waals surface area contributed by atoms with Gasteiger partial charge in [-0.2, -0.15) is 0 Å². The second kappa shape index (κ2) is 7.32. The third-order valence-electron chi connectivity index (χ3n) is 5.12. The van der Waals surface area contributed by atoms with Gasteiger partial charge in [0.2, 0.25) is 0 Å². The predicted octanol–water partition coefficient (Wildman–Crippen LogP) is 4.91. The minimum Gasteiger partial charge on any atom is -0.363 e. The van der Waals surface area contributed by atoms with E-state index >= 15 is 0 Å². The molecule has 28 heavy (non-hydrogen) atoms. The quantitative estimate of drug-likeness (QED) is 0.566.